The molecule has 2 N–H and O–H groups in total. The van der Waals surface area contributed by atoms with E-state index in [1.165, 1.54) is 6.07 Å². The van der Waals surface area contributed by atoms with E-state index in [4.69, 9.17) is 0 Å². The molecule has 1 atom stereocenters. The Morgan fingerprint density at radius 2 is 2.31 bits per heavy atom. The average molecular weight is 222 g/mol. The van der Waals surface area contributed by atoms with Gasteiger partial charge in [-0.25, -0.2) is 0 Å². The number of aliphatic hydroxyl groups excluding tert-OH is 1. The molecule has 0 spiro atoms. The van der Waals surface area contributed by atoms with E-state index in [1.807, 2.05) is 0 Å². The lowest BCUT2D eigenvalue weighted by Gasteiger charge is -2.15. The molecular weight excluding hydrogens is 208 g/mol. The van der Waals surface area contributed by atoms with Crippen molar-refractivity contribution in [2.24, 2.45) is 0 Å². The molecule has 1 aromatic rings. The van der Waals surface area contributed by atoms with Gasteiger partial charge in [-0.15, -0.1) is 0 Å². The van der Waals surface area contributed by atoms with Crippen molar-refractivity contribution >= 4 is 5.91 Å². The Morgan fingerprint density at radius 1 is 1.56 bits per heavy atom. The Balaban J connectivity index is 2.24. The van der Waals surface area contributed by atoms with Crippen LogP contribution in [-0.2, 0) is 0 Å². The van der Waals surface area contributed by atoms with Gasteiger partial charge in [-0.1, -0.05) is 0 Å². The van der Waals surface area contributed by atoms with Crippen LogP contribution in [-0.4, -0.2) is 40.1 Å². The van der Waals surface area contributed by atoms with Crippen molar-refractivity contribution in [2.75, 3.05) is 13.1 Å². The monoisotopic (exact) mass is 222 g/mol. The number of aliphatic hydroxyl groups is 1. The van der Waals surface area contributed by atoms with Gasteiger partial charge in [0.2, 0.25) is 5.56 Å². The molecule has 0 radical (unpaired) electrons. The number of amides is 1. The summed E-state index contributed by atoms with van der Waals surface area (Å²) in [5.41, 5.74) is 0.772. The number of aromatic nitrogens is 1. The van der Waals surface area contributed by atoms with E-state index >= 15 is 0 Å². The second kappa shape index (κ2) is 4.09. The van der Waals surface area contributed by atoms with Crippen LogP contribution in [0, 0.1) is 6.92 Å². The number of β-amino-alcohol motifs (C(OH)–C–C–N with tert-alkyl or cyclic N) is 1. The molecule has 1 aromatic heterocycles. The third-order valence-electron chi connectivity index (χ3n) is 2.68. The minimum Gasteiger partial charge on any atom is -0.391 e. The van der Waals surface area contributed by atoms with Crippen molar-refractivity contribution < 1.29 is 9.90 Å². The number of likely N-dealkylation sites (tertiary alicyclic amines) is 1. The molecule has 2 rings (SSSR count). The summed E-state index contributed by atoms with van der Waals surface area (Å²) in [5.74, 6) is -0.189. The van der Waals surface area contributed by atoms with Crippen molar-refractivity contribution in [1.82, 2.24) is 9.88 Å². The Bertz CT molecular complexity index is 467. The number of hydrogen-bond acceptors (Lipinski definition) is 3. The van der Waals surface area contributed by atoms with E-state index in [0.29, 0.717) is 30.8 Å². The molecule has 16 heavy (non-hydrogen) atoms. The maximum Gasteiger partial charge on any atom is 0.254 e. The number of hydrogen-bond donors (Lipinski definition) is 2. The fourth-order valence-electron chi connectivity index (χ4n) is 1.91. The Labute approximate surface area is 92.7 Å². The summed E-state index contributed by atoms with van der Waals surface area (Å²) in [6, 6.07) is 2.94. The van der Waals surface area contributed by atoms with E-state index < -0.39 is 6.10 Å². The van der Waals surface area contributed by atoms with Gasteiger partial charge in [0.15, 0.2) is 0 Å². The molecule has 5 nitrogen and oxygen atoms in total. The topological polar surface area (TPSA) is 73.4 Å². The fourth-order valence-corrected chi connectivity index (χ4v) is 1.91. The van der Waals surface area contributed by atoms with Gasteiger partial charge >= 0.3 is 0 Å². The number of aryl methyl sites for hydroxylation is 1. The quantitative estimate of drug-likeness (QED) is 0.696. The highest BCUT2D eigenvalue weighted by atomic mass is 16.3. The van der Waals surface area contributed by atoms with Gasteiger partial charge in [-0.3, -0.25) is 9.59 Å². The van der Waals surface area contributed by atoms with Crippen LogP contribution in [0.25, 0.3) is 0 Å². The number of pyridine rings is 1. The molecular formula is C11H14N2O3. The average Bonchev–Trinajstić information content (AvgIpc) is 2.62. The van der Waals surface area contributed by atoms with Crippen LogP contribution < -0.4 is 5.56 Å². The van der Waals surface area contributed by atoms with E-state index in [-0.39, 0.29) is 11.5 Å². The number of nitrogens with one attached hydrogen (secondary N) is 1. The molecule has 0 aromatic carbocycles. The molecule has 86 valence electrons. The summed E-state index contributed by atoms with van der Waals surface area (Å²) in [7, 11) is 0. The van der Waals surface area contributed by atoms with Crippen LogP contribution >= 0.6 is 0 Å². The van der Waals surface area contributed by atoms with Crippen LogP contribution in [0.3, 0.4) is 0 Å². The number of nitrogens with zero attached hydrogens (tertiary/aromatic N) is 1. The normalized spacial score (nSPS) is 20.1. The Morgan fingerprint density at radius 3 is 2.88 bits per heavy atom. The van der Waals surface area contributed by atoms with Crippen LogP contribution in [0.4, 0.5) is 0 Å². The van der Waals surface area contributed by atoms with Gasteiger partial charge in [0.25, 0.3) is 5.91 Å². The zero-order valence-corrected chi connectivity index (χ0v) is 9.06. The largest absolute Gasteiger partial charge is 0.391 e. The molecule has 1 saturated heterocycles. The van der Waals surface area contributed by atoms with E-state index in [1.54, 1.807) is 17.9 Å². The number of rotatable bonds is 1. The highest BCUT2D eigenvalue weighted by molar-refractivity contribution is 5.94. The predicted octanol–water partition coefficient (Wildman–Crippen LogP) is -0.110. The van der Waals surface area contributed by atoms with Crippen molar-refractivity contribution in [3.05, 3.63) is 33.7 Å². The number of carbonyl (C=O) groups excluding carboxylic acids is 1. The molecule has 0 saturated carbocycles. The standard InChI is InChI=1S/C11H14N2O3/c1-7-4-8(5-10(15)12-7)11(16)13-3-2-9(14)6-13/h4-5,9,14H,2-3,6H2,1H3,(H,12,15)/t9-/m1/s1. The number of H-pyrrole nitrogens is 1. The second-order valence-electron chi connectivity index (χ2n) is 4.11. The molecule has 1 aliphatic heterocycles. The SMILES string of the molecule is Cc1cc(C(=O)N2CC[C@@H](O)C2)cc(=O)[nH]1. The zero-order valence-electron chi connectivity index (χ0n) is 9.06. The van der Waals surface area contributed by atoms with Gasteiger partial charge in [0.1, 0.15) is 0 Å². The maximum absolute atomic E-state index is 12.0. The second-order valence-corrected chi connectivity index (χ2v) is 4.11. The summed E-state index contributed by atoms with van der Waals surface area (Å²) >= 11 is 0. The lowest BCUT2D eigenvalue weighted by atomic mass is 10.2. The van der Waals surface area contributed by atoms with Crippen LogP contribution in [0.5, 0.6) is 0 Å². The van der Waals surface area contributed by atoms with Gasteiger partial charge < -0.3 is 15.0 Å². The van der Waals surface area contributed by atoms with Crippen molar-refractivity contribution in [1.29, 1.82) is 0 Å². The molecule has 2 heterocycles. The fraction of sp³-hybridized carbons (Fsp3) is 0.455. The summed E-state index contributed by atoms with van der Waals surface area (Å²) in [6.45, 7) is 2.63. The maximum atomic E-state index is 12.0. The minimum atomic E-state index is -0.438. The summed E-state index contributed by atoms with van der Waals surface area (Å²) in [5, 5.41) is 9.34. The van der Waals surface area contributed by atoms with Gasteiger partial charge in [0, 0.05) is 30.4 Å². The predicted molar refractivity (Wildman–Crippen MR) is 58.3 cm³/mol. The van der Waals surface area contributed by atoms with E-state index in [2.05, 4.69) is 4.98 Å². The van der Waals surface area contributed by atoms with Crippen molar-refractivity contribution in [2.45, 2.75) is 19.4 Å². The molecule has 1 fully saturated rings. The third kappa shape index (κ3) is 2.14. The Hall–Kier alpha value is -1.62. The van der Waals surface area contributed by atoms with Crippen LogP contribution in [0.15, 0.2) is 16.9 Å². The van der Waals surface area contributed by atoms with Crippen molar-refractivity contribution in [3.63, 3.8) is 0 Å². The highest BCUT2D eigenvalue weighted by Gasteiger charge is 2.25. The van der Waals surface area contributed by atoms with E-state index in [0.717, 1.165) is 0 Å². The first kappa shape index (κ1) is 10.9. The zero-order chi connectivity index (χ0) is 11.7. The van der Waals surface area contributed by atoms with Crippen molar-refractivity contribution in [3.8, 4) is 0 Å². The van der Waals surface area contributed by atoms with Gasteiger partial charge in [-0.2, -0.15) is 0 Å². The Kier molecular flexibility index (Phi) is 2.78. The summed E-state index contributed by atoms with van der Waals surface area (Å²) in [6.07, 6.45) is 0.167. The first-order valence-electron chi connectivity index (χ1n) is 5.24. The van der Waals surface area contributed by atoms with Gasteiger partial charge in [-0.05, 0) is 19.4 Å². The summed E-state index contributed by atoms with van der Waals surface area (Å²) in [4.78, 5) is 27.3. The number of aromatic amines is 1. The minimum absolute atomic E-state index is 0.189. The molecule has 1 amide bonds. The molecule has 0 unspecified atom stereocenters. The first-order valence-corrected chi connectivity index (χ1v) is 5.24. The third-order valence-corrected chi connectivity index (χ3v) is 2.68. The molecule has 1 aliphatic rings. The first-order chi connectivity index (χ1) is 7.56. The van der Waals surface area contributed by atoms with Crippen LogP contribution in [0.2, 0.25) is 0 Å². The molecule has 0 bridgehead atoms. The van der Waals surface area contributed by atoms with Crippen LogP contribution in [0.1, 0.15) is 22.5 Å². The summed E-state index contributed by atoms with van der Waals surface area (Å²) < 4.78 is 0. The smallest absolute Gasteiger partial charge is 0.254 e. The lowest BCUT2D eigenvalue weighted by Crippen LogP contribution is -2.30. The lowest BCUT2D eigenvalue weighted by molar-refractivity contribution is 0.0764. The van der Waals surface area contributed by atoms with Gasteiger partial charge in [0.05, 0.1) is 6.10 Å². The molecule has 5 heteroatoms. The highest BCUT2D eigenvalue weighted by Crippen LogP contribution is 2.12. The number of carbonyl (C=O) groups is 1. The molecule has 0 aliphatic carbocycles. The van der Waals surface area contributed by atoms with E-state index in [9.17, 15) is 14.7 Å².